The third-order valence-corrected chi connectivity index (χ3v) is 3.61. The predicted octanol–water partition coefficient (Wildman–Crippen LogP) is 4.77. The van der Waals surface area contributed by atoms with Crippen molar-refractivity contribution in [2.24, 2.45) is 0 Å². The van der Waals surface area contributed by atoms with Crippen LogP contribution in [0.15, 0.2) is 48.5 Å². The molecular formula is C19H21NO5. The van der Waals surface area contributed by atoms with E-state index in [2.05, 4.69) is 6.92 Å². The molecular weight excluding hydrogens is 322 g/mol. The maximum absolute atomic E-state index is 12.1. The van der Waals surface area contributed by atoms with Crippen LogP contribution in [0.3, 0.4) is 0 Å². The van der Waals surface area contributed by atoms with E-state index in [9.17, 15) is 14.9 Å². The highest BCUT2D eigenvalue weighted by molar-refractivity contribution is 5.91. The Morgan fingerprint density at radius 2 is 1.60 bits per heavy atom. The van der Waals surface area contributed by atoms with E-state index in [1.54, 1.807) is 24.3 Å². The zero-order valence-electron chi connectivity index (χ0n) is 14.1. The molecule has 2 aromatic rings. The predicted molar refractivity (Wildman–Crippen MR) is 94.1 cm³/mol. The third kappa shape index (κ3) is 5.91. The van der Waals surface area contributed by atoms with Crippen molar-refractivity contribution in [3.8, 4) is 11.5 Å². The molecule has 0 amide bonds. The van der Waals surface area contributed by atoms with E-state index in [1.165, 1.54) is 37.1 Å². The molecule has 6 nitrogen and oxygen atoms in total. The first-order valence-electron chi connectivity index (χ1n) is 8.29. The molecule has 0 aliphatic carbocycles. The van der Waals surface area contributed by atoms with Crippen LogP contribution in [0.5, 0.6) is 11.5 Å². The van der Waals surface area contributed by atoms with Gasteiger partial charge in [-0.1, -0.05) is 26.2 Å². The lowest BCUT2D eigenvalue weighted by Gasteiger charge is -2.07. The van der Waals surface area contributed by atoms with E-state index in [1.807, 2.05) is 0 Å². The first-order valence-corrected chi connectivity index (χ1v) is 8.29. The van der Waals surface area contributed by atoms with Gasteiger partial charge in [-0.05, 0) is 42.8 Å². The van der Waals surface area contributed by atoms with Gasteiger partial charge in [0, 0.05) is 12.1 Å². The van der Waals surface area contributed by atoms with Crippen LogP contribution < -0.4 is 9.47 Å². The molecule has 0 spiro atoms. The number of ether oxygens (including phenoxy) is 2. The van der Waals surface area contributed by atoms with Crippen LogP contribution >= 0.6 is 0 Å². The van der Waals surface area contributed by atoms with Crippen LogP contribution in [0.2, 0.25) is 0 Å². The second-order valence-electron chi connectivity index (χ2n) is 5.57. The number of hydrogen-bond acceptors (Lipinski definition) is 5. The van der Waals surface area contributed by atoms with E-state index in [0.717, 1.165) is 12.8 Å². The summed E-state index contributed by atoms with van der Waals surface area (Å²) in [6, 6.07) is 12.1. The number of benzene rings is 2. The minimum atomic E-state index is -0.525. The zero-order valence-corrected chi connectivity index (χ0v) is 14.1. The van der Waals surface area contributed by atoms with Crippen LogP contribution in [0, 0.1) is 10.1 Å². The highest BCUT2D eigenvalue weighted by Crippen LogP contribution is 2.19. The number of nitrogens with zero attached hydrogens (tertiary/aromatic N) is 1. The van der Waals surface area contributed by atoms with Gasteiger partial charge in [0.2, 0.25) is 0 Å². The third-order valence-electron chi connectivity index (χ3n) is 3.61. The van der Waals surface area contributed by atoms with E-state index in [4.69, 9.17) is 9.47 Å². The number of hydrogen-bond donors (Lipinski definition) is 0. The normalized spacial score (nSPS) is 10.3. The van der Waals surface area contributed by atoms with Gasteiger partial charge in [-0.25, -0.2) is 4.79 Å². The number of esters is 1. The molecule has 0 saturated carbocycles. The summed E-state index contributed by atoms with van der Waals surface area (Å²) < 4.78 is 10.8. The molecule has 0 N–H and O–H groups in total. The maximum atomic E-state index is 12.1. The summed E-state index contributed by atoms with van der Waals surface area (Å²) in [4.78, 5) is 22.2. The summed E-state index contributed by atoms with van der Waals surface area (Å²) >= 11 is 0. The van der Waals surface area contributed by atoms with Crippen LogP contribution in [0.25, 0.3) is 0 Å². The molecule has 0 fully saturated rings. The molecule has 25 heavy (non-hydrogen) atoms. The number of nitro groups is 1. The van der Waals surface area contributed by atoms with Crippen LogP contribution in [-0.2, 0) is 0 Å². The van der Waals surface area contributed by atoms with E-state index < -0.39 is 10.9 Å². The monoisotopic (exact) mass is 343 g/mol. The van der Waals surface area contributed by atoms with E-state index >= 15 is 0 Å². The largest absolute Gasteiger partial charge is 0.494 e. The van der Waals surface area contributed by atoms with Crippen molar-refractivity contribution in [3.63, 3.8) is 0 Å². The van der Waals surface area contributed by atoms with Gasteiger partial charge < -0.3 is 9.47 Å². The summed E-state index contributed by atoms with van der Waals surface area (Å²) in [5.74, 6) is 0.443. The van der Waals surface area contributed by atoms with Crippen molar-refractivity contribution < 1.29 is 19.2 Å². The van der Waals surface area contributed by atoms with Gasteiger partial charge in [-0.2, -0.15) is 0 Å². The fourth-order valence-corrected chi connectivity index (χ4v) is 2.21. The minimum absolute atomic E-state index is 0.0553. The second kappa shape index (κ2) is 9.42. The van der Waals surface area contributed by atoms with Crippen LogP contribution in [0.1, 0.15) is 43.0 Å². The Labute approximate surface area is 146 Å². The Balaban J connectivity index is 1.86. The number of carbonyl (C=O) groups excluding carboxylic acids is 1. The summed E-state index contributed by atoms with van der Waals surface area (Å²) in [5, 5.41) is 10.6. The average molecular weight is 343 g/mol. The summed E-state index contributed by atoms with van der Waals surface area (Å²) in [6.45, 7) is 2.82. The minimum Gasteiger partial charge on any atom is -0.494 e. The molecule has 2 rings (SSSR count). The lowest BCUT2D eigenvalue weighted by atomic mass is 10.2. The molecule has 0 bridgehead atoms. The number of carbonyl (C=O) groups is 1. The highest BCUT2D eigenvalue weighted by atomic mass is 16.6. The standard InChI is InChI=1S/C19H21NO5/c1-2-3-4-5-14-24-17-10-6-15(7-11-17)19(21)25-18-12-8-16(9-13-18)20(22)23/h6-13H,2-5,14H2,1H3. The maximum Gasteiger partial charge on any atom is 0.343 e. The van der Waals surface area contributed by atoms with Crippen LogP contribution in [0.4, 0.5) is 5.69 Å². The summed E-state index contributed by atoms with van der Waals surface area (Å²) in [5.41, 5.74) is 0.330. The molecule has 0 aliphatic rings. The van der Waals surface area contributed by atoms with Gasteiger partial charge >= 0.3 is 5.97 Å². The molecule has 0 radical (unpaired) electrons. The van der Waals surface area contributed by atoms with Crippen molar-refractivity contribution in [1.82, 2.24) is 0 Å². The van der Waals surface area contributed by atoms with Crippen molar-refractivity contribution >= 4 is 11.7 Å². The van der Waals surface area contributed by atoms with Gasteiger partial charge in [0.05, 0.1) is 17.1 Å². The highest BCUT2D eigenvalue weighted by Gasteiger charge is 2.10. The molecule has 6 heteroatoms. The van der Waals surface area contributed by atoms with Gasteiger partial charge in [0.15, 0.2) is 0 Å². The van der Waals surface area contributed by atoms with Gasteiger partial charge in [-0.3, -0.25) is 10.1 Å². The molecule has 0 unspecified atom stereocenters. The Morgan fingerprint density at radius 3 is 2.20 bits per heavy atom. The lowest BCUT2D eigenvalue weighted by Crippen LogP contribution is -2.08. The zero-order chi connectivity index (χ0) is 18.1. The van der Waals surface area contributed by atoms with Crippen LogP contribution in [-0.4, -0.2) is 17.5 Å². The fraction of sp³-hybridized carbons (Fsp3) is 0.316. The molecule has 0 atom stereocenters. The van der Waals surface area contributed by atoms with Crippen molar-refractivity contribution in [2.75, 3.05) is 6.61 Å². The van der Waals surface area contributed by atoms with Gasteiger partial charge in [0.1, 0.15) is 11.5 Å². The Bertz CT molecular complexity index is 695. The Morgan fingerprint density at radius 1 is 0.960 bits per heavy atom. The fourth-order valence-electron chi connectivity index (χ4n) is 2.21. The van der Waals surface area contributed by atoms with Gasteiger partial charge in [-0.15, -0.1) is 0 Å². The summed E-state index contributed by atoms with van der Waals surface area (Å²) in [7, 11) is 0. The lowest BCUT2D eigenvalue weighted by molar-refractivity contribution is -0.384. The molecule has 2 aromatic carbocycles. The first-order chi connectivity index (χ1) is 12.1. The number of unbranched alkanes of at least 4 members (excludes halogenated alkanes) is 3. The molecule has 0 saturated heterocycles. The van der Waals surface area contributed by atoms with Crippen molar-refractivity contribution in [1.29, 1.82) is 0 Å². The number of non-ortho nitro benzene ring substituents is 1. The second-order valence-corrected chi connectivity index (χ2v) is 5.57. The molecule has 0 aliphatic heterocycles. The first kappa shape index (κ1) is 18.4. The topological polar surface area (TPSA) is 78.7 Å². The number of rotatable bonds is 9. The number of nitro benzene ring substituents is 1. The summed E-state index contributed by atoms with van der Waals surface area (Å²) in [6.07, 6.45) is 4.55. The van der Waals surface area contributed by atoms with E-state index in [-0.39, 0.29) is 11.4 Å². The smallest absolute Gasteiger partial charge is 0.343 e. The van der Waals surface area contributed by atoms with Crippen molar-refractivity contribution in [2.45, 2.75) is 32.6 Å². The molecule has 0 aromatic heterocycles. The quantitative estimate of drug-likeness (QED) is 0.215. The molecule has 0 heterocycles. The van der Waals surface area contributed by atoms with Gasteiger partial charge in [0.25, 0.3) is 5.69 Å². The van der Waals surface area contributed by atoms with Crippen molar-refractivity contribution in [3.05, 3.63) is 64.2 Å². The van der Waals surface area contributed by atoms with E-state index in [0.29, 0.717) is 17.9 Å². The Hall–Kier alpha value is -2.89. The SMILES string of the molecule is CCCCCCOc1ccc(C(=O)Oc2ccc([N+](=O)[O-])cc2)cc1. The molecule has 132 valence electrons. The average Bonchev–Trinajstić information content (AvgIpc) is 2.62. The Kier molecular flexibility index (Phi) is 6.95.